The highest BCUT2D eigenvalue weighted by molar-refractivity contribution is 9.10. The van der Waals surface area contributed by atoms with Crippen molar-refractivity contribution >= 4 is 33.6 Å². The van der Waals surface area contributed by atoms with E-state index < -0.39 is 5.97 Å². The van der Waals surface area contributed by atoms with Crippen molar-refractivity contribution in [1.29, 1.82) is 0 Å². The normalized spacial score (nSPS) is 10.1. The van der Waals surface area contributed by atoms with Crippen molar-refractivity contribution in [1.82, 2.24) is 10.2 Å². The number of carbonyl (C=O) groups excluding carboxylic acids is 1. The number of carbonyl (C=O) groups is 2. The number of amides is 1. The van der Waals surface area contributed by atoms with Crippen LogP contribution in [0, 0.1) is 0 Å². The molecule has 0 spiro atoms. The van der Waals surface area contributed by atoms with Crippen LogP contribution in [0.15, 0.2) is 34.8 Å². The van der Waals surface area contributed by atoms with Crippen molar-refractivity contribution in [3.63, 3.8) is 0 Å². The number of benzene rings is 1. The van der Waals surface area contributed by atoms with E-state index in [2.05, 4.69) is 31.4 Å². The van der Waals surface area contributed by atoms with E-state index in [0.29, 0.717) is 10.0 Å². The number of anilines is 1. The number of halogens is 1. The van der Waals surface area contributed by atoms with Gasteiger partial charge in [0.2, 0.25) is 0 Å². The second kappa shape index (κ2) is 5.01. The number of H-pyrrole nitrogens is 1. The van der Waals surface area contributed by atoms with Crippen molar-refractivity contribution in [3.05, 3.63) is 46.1 Å². The number of hydrogen-bond acceptors (Lipinski definition) is 3. The second-order valence-corrected chi connectivity index (χ2v) is 4.26. The van der Waals surface area contributed by atoms with E-state index >= 15 is 0 Å². The SMILES string of the molecule is O=C(O)c1cc(NC(=O)c2ccccc2Br)n[nH]1. The van der Waals surface area contributed by atoms with Crippen molar-refractivity contribution in [3.8, 4) is 0 Å². The zero-order valence-electron chi connectivity index (χ0n) is 8.98. The minimum atomic E-state index is -1.14. The summed E-state index contributed by atoms with van der Waals surface area (Å²) in [6.07, 6.45) is 0. The molecule has 6 nitrogen and oxygen atoms in total. The van der Waals surface area contributed by atoms with Crippen LogP contribution in [-0.4, -0.2) is 27.2 Å². The van der Waals surface area contributed by atoms with Crippen LogP contribution >= 0.6 is 15.9 Å². The van der Waals surface area contributed by atoms with Gasteiger partial charge in [0.05, 0.1) is 5.56 Å². The summed E-state index contributed by atoms with van der Waals surface area (Å²) in [5, 5.41) is 17.2. The monoisotopic (exact) mass is 309 g/mol. The fraction of sp³-hybridized carbons (Fsp3) is 0. The zero-order valence-corrected chi connectivity index (χ0v) is 10.6. The van der Waals surface area contributed by atoms with Crippen LogP contribution in [-0.2, 0) is 0 Å². The maximum atomic E-state index is 11.9. The summed E-state index contributed by atoms with van der Waals surface area (Å²) in [7, 11) is 0. The average Bonchev–Trinajstić information content (AvgIpc) is 2.78. The number of aromatic nitrogens is 2. The van der Waals surface area contributed by atoms with Gasteiger partial charge < -0.3 is 10.4 Å². The highest BCUT2D eigenvalue weighted by Gasteiger charge is 2.13. The highest BCUT2D eigenvalue weighted by atomic mass is 79.9. The molecule has 0 unspecified atom stereocenters. The van der Waals surface area contributed by atoms with Gasteiger partial charge in [0.1, 0.15) is 5.69 Å². The van der Waals surface area contributed by atoms with Crippen LogP contribution in [0.2, 0.25) is 0 Å². The molecule has 3 N–H and O–H groups in total. The molecule has 0 fully saturated rings. The molecule has 0 aliphatic carbocycles. The third-order valence-corrected chi connectivity index (χ3v) is 2.86. The molecule has 92 valence electrons. The lowest BCUT2D eigenvalue weighted by atomic mass is 10.2. The number of hydrogen-bond donors (Lipinski definition) is 3. The zero-order chi connectivity index (χ0) is 13.1. The van der Waals surface area contributed by atoms with Gasteiger partial charge in [-0.05, 0) is 28.1 Å². The summed E-state index contributed by atoms with van der Waals surface area (Å²) >= 11 is 3.26. The van der Waals surface area contributed by atoms with Gasteiger partial charge in [-0.15, -0.1) is 0 Å². The molecule has 1 aromatic carbocycles. The van der Waals surface area contributed by atoms with Gasteiger partial charge in [0.15, 0.2) is 5.82 Å². The van der Waals surface area contributed by atoms with Gasteiger partial charge in [-0.2, -0.15) is 5.10 Å². The molecular weight excluding hydrogens is 302 g/mol. The Balaban J connectivity index is 2.16. The van der Waals surface area contributed by atoms with Crippen LogP contribution in [0.1, 0.15) is 20.8 Å². The van der Waals surface area contributed by atoms with Gasteiger partial charge >= 0.3 is 5.97 Å². The molecule has 0 saturated heterocycles. The fourth-order valence-corrected chi connectivity index (χ4v) is 1.79. The molecule has 1 aromatic heterocycles. The number of nitrogens with zero attached hydrogens (tertiary/aromatic N) is 1. The van der Waals surface area contributed by atoms with Crippen LogP contribution in [0.5, 0.6) is 0 Å². The molecule has 0 aliphatic rings. The molecular formula is C11H8BrN3O3. The molecule has 0 saturated carbocycles. The molecule has 1 heterocycles. The number of nitrogens with one attached hydrogen (secondary N) is 2. The first-order chi connectivity index (χ1) is 8.58. The third kappa shape index (κ3) is 2.57. The number of aromatic carboxylic acids is 1. The molecule has 7 heteroatoms. The molecule has 18 heavy (non-hydrogen) atoms. The summed E-state index contributed by atoms with van der Waals surface area (Å²) < 4.78 is 0.650. The van der Waals surface area contributed by atoms with Crippen LogP contribution in [0.25, 0.3) is 0 Å². The van der Waals surface area contributed by atoms with Crippen molar-refractivity contribution in [2.24, 2.45) is 0 Å². The standard InChI is InChI=1S/C11H8BrN3O3/c12-7-4-2-1-3-6(7)10(16)13-9-5-8(11(17)18)14-15-9/h1-5H,(H,17,18)(H2,13,14,15,16). The highest BCUT2D eigenvalue weighted by Crippen LogP contribution is 2.17. The van der Waals surface area contributed by atoms with E-state index in [1.165, 1.54) is 6.07 Å². The van der Waals surface area contributed by atoms with Crippen molar-refractivity contribution in [2.75, 3.05) is 5.32 Å². The van der Waals surface area contributed by atoms with Gasteiger partial charge in [0, 0.05) is 10.5 Å². The summed E-state index contributed by atoms with van der Waals surface area (Å²) in [6.45, 7) is 0. The lowest BCUT2D eigenvalue weighted by Crippen LogP contribution is -2.12. The number of rotatable bonds is 3. The first kappa shape index (κ1) is 12.3. The average molecular weight is 310 g/mol. The van der Waals surface area contributed by atoms with E-state index in [4.69, 9.17) is 5.11 Å². The largest absolute Gasteiger partial charge is 0.477 e. The Morgan fingerprint density at radius 1 is 1.33 bits per heavy atom. The lowest BCUT2D eigenvalue weighted by molar-refractivity contribution is 0.0690. The lowest BCUT2D eigenvalue weighted by Gasteiger charge is -2.03. The molecule has 1 amide bonds. The predicted molar refractivity (Wildman–Crippen MR) is 67.6 cm³/mol. The Hall–Kier alpha value is -2.15. The van der Waals surface area contributed by atoms with Gasteiger partial charge in [-0.1, -0.05) is 12.1 Å². The van der Waals surface area contributed by atoms with Crippen LogP contribution in [0.4, 0.5) is 5.82 Å². The summed E-state index contributed by atoms with van der Waals surface area (Å²) in [5.41, 5.74) is 0.356. The Bertz CT molecular complexity index is 609. The van der Waals surface area contributed by atoms with E-state index in [-0.39, 0.29) is 17.4 Å². The molecule has 0 radical (unpaired) electrons. The first-order valence-electron chi connectivity index (χ1n) is 4.92. The Labute approximate surface area is 110 Å². The number of carboxylic acids is 1. The fourth-order valence-electron chi connectivity index (χ4n) is 1.32. The maximum absolute atomic E-state index is 11.9. The van der Waals surface area contributed by atoms with Gasteiger partial charge in [-0.25, -0.2) is 4.79 Å². The first-order valence-corrected chi connectivity index (χ1v) is 5.72. The molecule has 2 rings (SSSR count). The summed E-state index contributed by atoms with van der Waals surface area (Å²) in [6, 6.07) is 8.15. The van der Waals surface area contributed by atoms with Crippen LogP contribution in [0.3, 0.4) is 0 Å². The number of carboxylic acid groups (broad SMARTS) is 1. The van der Waals surface area contributed by atoms with E-state index in [0.717, 1.165) is 0 Å². The predicted octanol–water partition coefficient (Wildman–Crippen LogP) is 2.12. The molecule has 2 aromatic rings. The van der Waals surface area contributed by atoms with Crippen molar-refractivity contribution < 1.29 is 14.7 Å². The smallest absolute Gasteiger partial charge is 0.353 e. The topological polar surface area (TPSA) is 95.1 Å². The van der Waals surface area contributed by atoms with Crippen LogP contribution < -0.4 is 5.32 Å². The Morgan fingerprint density at radius 3 is 2.67 bits per heavy atom. The van der Waals surface area contributed by atoms with E-state index in [9.17, 15) is 9.59 Å². The van der Waals surface area contributed by atoms with Gasteiger partial charge in [-0.3, -0.25) is 9.89 Å². The molecule has 0 atom stereocenters. The van der Waals surface area contributed by atoms with E-state index in [1.807, 2.05) is 0 Å². The Morgan fingerprint density at radius 2 is 2.06 bits per heavy atom. The molecule has 0 aliphatic heterocycles. The number of aromatic amines is 1. The van der Waals surface area contributed by atoms with Crippen molar-refractivity contribution in [2.45, 2.75) is 0 Å². The van der Waals surface area contributed by atoms with Gasteiger partial charge in [0.25, 0.3) is 5.91 Å². The second-order valence-electron chi connectivity index (χ2n) is 3.41. The summed E-state index contributed by atoms with van der Waals surface area (Å²) in [4.78, 5) is 22.5. The Kier molecular flexibility index (Phi) is 3.42. The molecule has 0 bridgehead atoms. The third-order valence-electron chi connectivity index (χ3n) is 2.17. The maximum Gasteiger partial charge on any atom is 0.353 e. The quantitative estimate of drug-likeness (QED) is 0.809. The minimum absolute atomic E-state index is 0.0857. The van der Waals surface area contributed by atoms with E-state index in [1.54, 1.807) is 24.3 Å². The summed E-state index contributed by atoms with van der Waals surface area (Å²) in [5.74, 6) is -1.34. The minimum Gasteiger partial charge on any atom is -0.477 e.